The van der Waals surface area contributed by atoms with Gasteiger partial charge in [-0.3, -0.25) is 14.4 Å². The summed E-state index contributed by atoms with van der Waals surface area (Å²) in [7, 11) is 0. The number of benzene rings is 2. The minimum Gasteiger partial charge on any atom is -0.376 e. The molecule has 7 nitrogen and oxygen atoms in total. The first-order chi connectivity index (χ1) is 14.2. The Hall–Kier alpha value is -3.35. The molecule has 0 fully saturated rings. The molecule has 0 bridgehead atoms. The molecule has 2 rings (SSSR count). The van der Waals surface area contributed by atoms with E-state index in [0.29, 0.717) is 23.4 Å². The maximum absolute atomic E-state index is 12.2. The van der Waals surface area contributed by atoms with Crippen LogP contribution in [0, 0.1) is 0 Å². The van der Waals surface area contributed by atoms with Crippen LogP contribution in [0.25, 0.3) is 0 Å². The lowest BCUT2D eigenvalue weighted by atomic mass is 10.1. The first-order valence-electron chi connectivity index (χ1n) is 10.0. The van der Waals surface area contributed by atoms with Gasteiger partial charge in [0.25, 0.3) is 5.91 Å². The second kappa shape index (κ2) is 10.4. The van der Waals surface area contributed by atoms with Gasteiger partial charge < -0.3 is 21.3 Å². The number of hydrogen-bond donors (Lipinski definition) is 4. The molecule has 0 atom stereocenters. The molecular formula is C23H30N4O3. The fourth-order valence-corrected chi connectivity index (χ4v) is 2.66. The molecule has 4 N–H and O–H groups in total. The van der Waals surface area contributed by atoms with Crippen molar-refractivity contribution in [1.29, 1.82) is 0 Å². The molecule has 0 spiro atoms. The zero-order valence-corrected chi connectivity index (χ0v) is 18.0. The maximum atomic E-state index is 12.2. The lowest BCUT2D eigenvalue weighted by Gasteiger charge is -2.20. The highest BCUT2D eigenvalue weighted by Gasteiger charge is 2.15. The van der Waals surface area contributed by atoms with Crippen molar-refractivity contribution in [2.75, 3.05) is 22.5 Å². The van der Waals surface area contributed by atoms with Crippen molar-refractivity contribution < 1.29 is 14.4 Å². The zero-order chi connectivity index (χ0) is 22.1. The predicted octanol–water partition coefficient (Wildman–Crippen LogP) is 4.00. The van der Waals surface area contributed by atoms with E-state index in [0.717, 1.165) is 12.1 Å². The molecular weight excluding hydrogens is 380 g/mol. The highest BCUT2D eigenvalue weighted by atomic mass is 16.2. The zero-order valence-electron chi connectivity index (χ0n) is 18.0. The largest absolute Gasteiger partial charge is 0.376 e. The molecule has 0 saturated heterocycles. The fourth-order valence-electron chi connectivity index (χ4n) is 2.66. The number of anilines is 3. The van der Waals surface area contributed by atoms with Gasteiger partial charge in [-0.15, -0.1) is 0 Å². The Labute approximate surface area is 177 Å². The third kappa shape index (κ3) is 7.95. The average molecular weight is 411 g/mol. The second-order valence-electron chi connectivity index (χ2n) is 8.06. The number of nitrogens with one attached hydrogen (secondary N) is 4. The number of rotatable bonds is 8. The molecule has 0 heterocycles. The van der Waals surface area contributed by atoms with Crippen molar-refractivity contribution in [2.24, 2.45) is 0 Å². The van der Waals surface area contributed by atoms with Crippen molar-refractivity contribution in [3.63, 3.8) is 0 Å². The third-order valence-corrected chi connectivity index (χ3v) is 4.00. The van der Waals surface area contributed by atoms with Crippen LogP contribution in [0.15, 0.2) is 48.5 Å². The first-order valence-corrected chi connectivity index (χ1v) is 10.0. The Kier molecular flexibility index (Phi) is 7.98. The van der Waals surface area contributed by atoms with Crippen LogP contribution in [0.2, 0.25) is 0 Å². The number of carbonyl (C=O) groups excluding carboxylic acids is 3. The summed E-state index contributed by atoms with van der Waals surface area (Å²) in [4.78, 5) is 36.1. The summed E-state index contributed by atoms with van der Waals surface area (Å²) < 4.78 is 0. The second-order valence-corrected chi connectivity index (χ2v) is 8.06. The number of carbonyl (C=O) groups is 3. The quantitative estimate of drug-likeness (QED) is 0.528. The minimum absolute atomic E-state index is 0.0352. The summed E-state index contributed by atoms with van der Waals surface area (Å²) in [5, 5.41) is 11.5. The van der Waals surface area contributed by atoms with Gasteiger partial charge in [-0.2, -0.15) is 0 Å². The van der Waals surface area contributed by atoms with Gasteiger partial charge in [0.2, 0.25) is 11.8 Å². The Balaban J connectivity index is 1.86. The first kappa shape index (κ1) is 22.9. The number of amides is 3. The Bertz CT molecular complexity index is 886. The van der Waals surface area contributed by atoms with Crippen LogP contribution in [0.5, 0.6) is 0 Å². The molecule has 2 aromatic carbocycles. The van der Waals surface area contributed by atoms with Crippen LogP contribution in [0.4, 0.5) is 17.1 Å². The molecule has 160 valence electrons. The molecule has 0 aliphatic rings. The fraction of sp³-hybridized carbons (Fsp3) is 0.348. The SMILES string of the molecule is CCCC(=O)Nc1cccc(NCC(=O)Nc2ccc(C(=O)NC(C)(C)C)cc2)c1. The van der Waals surface area contributed by atoms with Crippen LogP contribution in [0.1, 0.15) is 50.9 Å². The van der Waals surface area contributed by atoms with E-state index in [4.69, 9.17) is 0 Å². The standard InChI is InChI=1S/C23H30N4O3/c1-5-7-20(28)26-19-9-6-8-18(14-19)24-15-21(29)25-17-12-10-16(11-13-17)22(30)27-23(2,3)4/h6,8-14,24H,5,7,15H2,1-4H3,(H,25,29)(H,26,28)(H,27,30). The van der Waals surface area contributed by atoms with E-state index in [1.165, 1.54) is 0 Å². The van der Waals surface area contributed by atoms with Gasteiger partial charge in [0, 0.05) is 34.6 Å². The molecule has 30 heavy (non-hydrogen) atoms. The van der Waals surface area contributed by atoms with E-state index in [1.54, 1.807) is 36.4 Å². The van der Waals surface area contributed by atoms with Crippen LogP contribution < -0.4 is 21.3 Å². The van der Waals surface area contributed by atoms with Crippen molar-refractivity contribution in [3.05, 3.63) is 54.1 Å². The smallest absolute Gasteiger partial charge is 0.251 e. The van der Waals surface area contributed by atoms with Crippen LogP contribution in [-0.4, -0.2) is 29.8 Å². The highest BCUT2D eigenvalue weighted by molar-refractivity contribution is 5.97. The molecule has 0 aliphatic carbocycles. The average Bonchev–Trinajstić information content (AvgIpc) is 2.66. The summed E-state index contributed by atoms with van der Waals surface area (Å²) in [6, 6.07) is 14.0. The van der Waals surface area contributed by atoms with Crippen molar-refractivity contribution in [3.8, 4) is 0 Å². The molecule has 3 amide bonds. The Morgan fingerprint density at radius 1 is 0.833 bits per heavy atom. The van der Waals surface area contributed by atoms with E-state index in [-0.39, 0.29) is 29.8 Å². The van der Waals surface area contributed by atoms with E-state index >= 15 is 0 Å². The Morgan fingerprint density at radius 2 is 1.47 bits per heavy atom. The van der Waals surface area contributed by atoms with Gasteiger partial charge in [-0.1, -0.05) is 13.0 Å². The van der Waals surface area contributed by atoms with Crippen molar-refractivity contribution in [1.82, 2.24) is 5.32 Å². The predicted molar refractivity (Wildman–Crippen MR) is 121 cm³/mol. The van der Waals surface area contributed by atoms with Gasteiger partial charge in [0.05, 0.1) is 6.54 Å². The summed E-state index contributed by atoms with van der Waals surface area (Å²) in [6.07, 6.45) is 1.25. The minimum atomic E-state index is -0.314. The van der Waals surface area contributed by atoms with Crippen LogP contribution >= 0.6 is 0 Å². The third-order valence-electron chi connectivity index (χ3n) is 4.00. The van der Waals surface area contributed by atoms with Crippen LogP contribution in [0.3, 0.4) is 0 Å². The monoisotopic (exact) mass is 410 g/mol. The summed E-state index contributed by atoms with van der Waals surface area (Å²) in [5.74, 6) is -0.415. The van der Waals surface area contributed by atoms with E-state index in [9.17, 15) is 14.4 Å². The normalized spacial score (nSPS) is 10.8. The van der Waals surface area contributed by atoms with Crippen molar-refractivity contribution >= 4 is 34.8 Å². The maximum Gasteiger partial charge on any atom is 0.251 e. The molecule has 0 unspecified atom stereocenters. The lowest BCUT2D eigenvalue weighted by Crippen LogP contribution is -2.40. The van der Waals surface area contributed by atoms with Crippen LogP contribution in [-0.2, 0) is 9.59 Å². The van der Waals surface area contributed by atoms with Crippen molar-refractivity contribution in [2.45, 2.75) is 46.1 Å². The molecule has 0 saturated carbocycles. The topological polar surface area (TPSA) is 99.3 Å². The van der Waals surface area contributed by atoms with E-state index in [1.807, 2.05) is 39.8 Å². The molecule has 7 heteroatoms. The summed E-state index contributed by atoms with van der Waals surface area (Å²) in [5.41, 5.74) is 2.24. The molecule has 2 aromatic rings. The van der Waals surface area contributed by atoms with Gasteiger partial charge in [-0.25, -0.2) is 0 Å². The number of hydrogen-bond acceptors (Lipinski definition) is 4. The van der Waals surface area contributed by atoms with E-state index in [2.05, 4.69) is 21.3 Å². The van der Waals surface area contributed by atoms with Gasteiger partial charge >= 0.3 is 0 Å². The molecule has 0 aliphatic heterocycles. The van der Waals surface area contributed by atoms with Gasteiger partial charge in [-0.05, 0) is 69.7 Å². The van der Waals surface area contributed by atoms with Gasteiger partial charge in [0.1, 0.15) is 0 Å². The summed E-state index contributed by atoms with van der Waals surface area (Å²) in [6.45, 7) is 7.77. The molecule has 0 radical (unpaired) electrons. The Morgan fingerprint density at radius 3 is 2.10 bits per heavy atom. The molecule has 0 aromatic heterocycles. The summed E-state index contributed by atoms with van der Waals surface area (Å²) >= 11 is 0. The van der Waals surface area contributed by atoms with Gasteiger partial charge in [0.15, 0.2) is 0 Å². The van der Waals surface area contributed by atoms with E-state index < -0.39 is 0 Å². The highest BCUT2D eigenvalue weighted by Crippen LogP contribution is 2.16. The lowest BCUT2D eigenvalue weighted by molar-refractivity contribution is -0.116.